The van der Waals surface area contributed by atoms with Gasteiger partial charge < -0.3 is 4.90 Å². The molecule has 2 aromatic carbocycles. The quantitative estimate of drug-likeness (QED) is 0.573. The van der Waals surface area contributed by atoms with Crippen LogP contribution in [-0.4, -0.2) is 33.3 Å². The van der Waals surface area contributed by atoms with Crippen molar-refractivity contribution in [3.8, 4) is 11.1 Å². The molecule has 0 aliphatic carbocycles. The van der Waals surface area contributed by atoms with Crippen LogP contribution >= 0.6 is 0 Å². The van der Waals surface area contributed by atoms with Gasteiger partial charge in [0.05, 0.1) is 23.4 Å². The molecule has 0 amide bonds. The number of rotatable bonds is 3. The summed E-state index contributed by atoms with van der Waals surface area (Å²) < 4.78 is 13.6. The van der Waals surface area contributed by atoms with Gasteiger partial charge in [0.25, 0.3) is 0 Å². The number of piperidine rings is 1. The Hall–Kier alpha value is -3.28. The fraction of sp³-hybridized carbons (Fsp3) is 0.227. The van der Waals surface area contributed by atoms with Crippen molar-refractivity contribution in [3.05, 3.63) is 72.4 Å². The van der Waals surface area contributed by atoms with Crippen LogP contribution in [0.3, 0.4) is 0 Å². The average molecular weight is 373 g/mol. The number of hydrogen-bond acceptors (Lipinski definition) is 4. The SMILES string of the molecule is Fc1cccc(-c2cn[nH]c2C2CCN(c3cnc4ccccc4n3)CC2)c1. The van der Waals surface area contributed by atoms with Crippen molar-refractivity contribution in [1.29, 1.82) is 0 Å². The summed E-state index contributed by atoms with van der Waals surface area (Å²) in [5.74, 6) is 1.06. The summed E-state index contributed by atoms with van der Waals surface area (Å²) in [6.45, 7) is 1.80. The van der Waals surface area contributed by atoms with Crippen LogP contribution in [-0.2, 0) is 0 Å². The number of anilines is 1. The summed E-state index contributed by atoms with van der Waals surface area (Å²) in [6.07, 6.45) is 5.63. The van der Waals surface area contributed by atoms with E-state index in [4.69, 9.17) is 4.98 Å². The fourth-order valence-electron chi connectivity index (χ4n) is 3.99. The number of aromatic nitrogens is 4. The van der Waals surface area contributed by atoms with Gasteiger partial charge in [-0.3, -0.25) is 10.1 Å². The molecule has 6 heteroatoms. The molecule has 1 N–H and O–H groups in total. The van der Waals surface area contributed by atoms with Gasteiger partial charge in [-0.15, -0.1) is 0 Å². The molecule has 4 aromatic rings. The molecule has 0 bridgehead atoms. The normalized spacial score (nSPS) is 15.2. The second-order valence-corrected chi connectivity index (χ2v) is 7.19. The van der Waals surface area contributed by atoms with E-state index in [-0.39, 0.29) is 5.82 Å². The lowest BCUT2D eigenvalue weighted by Crippen LogP contribution is -2.33. The van der Waals surface area contributed by atoms with Gasteiger partial charge in [-0.25, -0.2) is 9.37 Å². The zero-order chi connectivity index (χ0) is 18.9. The topological polar surface area (TPSA) is 57.7 Å². The van der Waals surface area contributed by atoms with Crippen LogP contribution in [0, 0.1) is 5.82 Å². The Morgan fingerprint density at radius 3 is 2.61 bits per heavy atom. The Labute approximate surface area is 162 Å². The lowest BCUT2D eigenvalue weighted by atomic mass is 9.89. The van der Waals surface area contributed by atoms with Crippen molar-refractivity contribution in [2.75, 3.05) is 18.0 Å². The van der Waals surface area contributed by atoms with Gasteiger partial charge in [0, 0.05) is 30.3 Å². The van der Waals surface area contributed by atoms with E-state index >= 15 is 0 Å². The third-order valence-electron chi connectivity index (χ3n) is 5.47. The molecule has 3 heterocycles. The number of nitrogens with one attached hydrogen (secondary N) is 1. The highest BCUT2D eigenvalue weighted by Crippen LogP contribution is 2.35. The van der Waals surface area contributed by atoms with Gasteiger partial charge in [0.15, 0.2) is 0 Å². The van der Waals surface area contributed by atoms with E-state index in [1.165, 1.54) is 6.07 Å². The van der Waals surface area contributed by atoms with Crippen LogP contribution in [0.4, 0.5) is 10.2 Å². The summed E-state index contributed by atoms with van der Waals surface area (Å²) >= 11 is 0. The van der Waals surface area contributed by atoms with Gasteiger partial charge in [-0.1, -0.05) is 24.3 Å². The Balaban J connectivity index is 1.34. The molecule has 0 unspecified atom stereocenters. The van der Waals surface area contributed by atoms with Gasteiger partial charge in [-0.2, -0.15) is 5.10 Å². The van der Waals surface area contributed by atoms with E-state index in [0.717, 1.165) is 59.6 Å². The monoisotopic (exact) mass is 373 g/mol. The Morgan fingerprint density at radius 1 is 0.964 bits per heavy atom. The molecule has 1 aliphatic heterocycles. The molecule has 5 nitrogen and oxygen atoms in total. The van der Waals surface area contributed by atoms with Gasteiger partial charge in [0.1, 0.15) is 11.6 Å². The maximum atomic E-state index is 13.6. The highest BCUT2D eigenvalue weighted by Gasteiger charge is 2.25. The van der Waals surface area contributed by atoms with Crippen LogP contribution in [0.1, 0.15) is 24.5 Å². The largest absolute Gasteiger partial charge is 0.355 e. The van der Waals surface area contributed by atoms with Gasteiger partial charge >= 0.3 is 0 Å². The molecule has 0 spiro atoms. The summed E-state index contributed by atoms with van der Waals surface area (Å²) in [4.78, 5) is 11.6. The van der Waals surface area contributed by atoms with Crippen molar-refractivity contribution < 1.29 is 4.39 Å². The van der Waals surface area contributed by atoms with E-state index in [0.29, 0.717) is 5.92 Å². The summed E-state index contributed by atoms with van der Waals surface area (Å²) in [5, 5.41) is 7.38. The molecular formula is C22H20FN5. The fourth-order valence-corrected chi connectivity index (χ4v) is 3.99. The molecule has 0 saturated carbocycles. The zero-order valence-electron chi connectivity index (χ0n) is 15.3. The maximum Gasteiger partial charge on any atom is 0.147 e. The summed E-state index contributed by atoms with van der Waals surface area (Å²) in [6, 6.07) is 14.6. The number of aromatic amines is 1. The van der Waals surface area contributed by atoms with Gasteiger partial charge in [0.2, 0.25) is 0 Å². The first-order valence-corrected chi connectivity index (χ1v) is 9.54. The molecule has 0 radical (unpaired) electrons. The first kappa shape index (κ1) is 16.9. The van der Waals surface area contributed by atoms with Crippen molar-refractivity contribution >= 4 is 16.9 Å². The molecular weight excluding hydrogens is 353 g/mol. The van der Waals surface area contributed by atoms with Crippen LogP contribution < -0.4 is 4.90 Å². The van der Waals surface area contributed by atoms with Crippen LogP contribution in [0.2, 0.25) is 0 Å². The molecule has 0 atom stereocenters. The highest BCUT2D eigenvalue weighted by atomic mass is 19.1. The Bertz CT molecular complexity index is 1110. The second kappa shape index (κ2) is 7.03. The molecule has 5 rings (SSSR count). The van der Waals surface area contributed by atoms with Crippen LogP contribution in [0.15, 0.2) is 60.9 Å². The number of nitrogens with zero attached hydrogens (tertiary/aromatic N) is 4. The van der Waals surface area contributed by atoms with Crippen molar-refractivity contribution in [3.63, 3.8) is 0 Å². The summed E-state index contributed by atoms with van der Waals surface area (Å²) in [5.41, 5.74) is 4.78. The number of para-hydroxylation sites is 2. The lowest BCUT2D eigenvalue weighted by molar-refractivity contribution is 0.494. The third kappa shape index (κ3) is 3.11. The Kier molecular flexibility index (Phi) is 4.24. The number of halogens is 1. The van der Waals surface area contributed by atoms with E-state index in [9.17, 15) is 4.39 Å². The molecule has 140 valence electrons. The number of fused-ring (bicyclic) bond motifs is 1. The van der Waals surface area contributed by atoms with Crippen LogP contribution in [0.5, 0.6) is 0 Å². The smallest absolute Gasteiger partial charge is 0.147 e. The molecule has 2 aromatic heterocycles. The van der Waals surface area contributed by atoms with E-state index in [1.807, 2.05) is 36.5 Å². The zero-order valence-corrected chi connectivity index (χ0v) is 15.3. The number of benzene rings is 2. The first-order chi connectivity index (χ1) is 13.8. The Morgan fingerprint density at radius 2 is 1.79 bits per heavy atom. The van der Waals surface area contributed by atoms with Crippen molar-refractivity contribution in [2.24, 2.45) is 0 Å². The molecule has 1 saturated heterocycles. The molecule has 28 heavy (non-hydrogen) atoms. The van der Waals surface area contributed by atoms with Crippen molar-refractivity contribution in [1.82, 2.24) is 20.2 Å². The maximum absolute atomic E-state index is 13.6. The lowest BCUT2D eigenvalue weighted by Gasteiger charge is -2.32. The van der Waals surface area contributed by atoms with Crippen LogP contribution in [0.25, 0.3) is 22.2 Å². The number of H-pyrrole nitrogens is 1. The van der Waals surface area contributed by atoms with E-state index in [1.54, 1.807) is 18.3 Å². The number of hydrogen-bond donors (Lipinski definition) is 1. The van der Waals surface area contributed by atoms with E-state index < -0.39 is 0 Å². The van der Waals surface area contributed by atoms with Gasteiger partial charge in [-0.05, 0) is 42.7 Å². The first-order valence-electron chi connectivity index (χ1n) is 9.54. The van der Waals surface area contributed by atoms with E-state index in [2.05, 4.69) is 20.1 Å². The third-order valence-corrected chi connectivity index (χ3v) is 5.47. The standard InChI is InChI=1S/C22H20FN5/c23-17-5-3-4-16(12-17)18-13-25-27-22(18)15-8-10-28(11-9-15)21-14-24-19-6-1-2-7-20(19)26-21/h1-7,12-15H,8-11H2,(H,25,27). The highest BCUT2D eigenvalue weighted by molar-refractivity contribution is 5.75. The average Bonchev–Trinajstić information content (AvgIpc) is 3.23. The molecule has 1 aliphatic rings. The minimum atomic E-state index is -0.227. The second-order valence-electron chi connectivity index (χ2n) is 7.19. The van der Waals surface area contributed by atoms with Crippen molar-refractivity contribution in [2.45, 2.75) is 18.8 Å². The minimum Gasteiger partial charge on any atom is -0.355 e. The summed E-state index contributed by atoms with van der Waals surface area (Å²) in [7, 11) is 0. The predicted molar refractivity (Wildman–Crippen MR) is 108 cm³/mol. The predicted octanol–water partition coefficient (Wildman–Crippen LogP) is 4.54. The minimum absolute atomic E-state index is 0.227. The molecule has 1 fully saturated rings.